The second-order valence-corrected chi connectivity index (χ2v) is 12.0. The van der Waals surface area contributed by atoms with Gasteiger partial charge in [0, 0.05) is 12.0 Å². The minimum absolute atomic E-state index is 0.299. The first kappa shape index (κ1) is 18.1. The van der Waals surface area contributed by atoms with Crippen molar-refractivity contribution in [3.8, 4) is 0 Å². The third kappa shape index (κ3) is 3.86. The van der Waals surface area contributed by atoms with E-state index in [4.69, 9.17) is 4.43 Å². The number of fused-ring (bicyclic) bond motifs is 1. The maximum atomic E-state index is 6.80. The summed E-state index contributed by atoms with van der Waals surface area (Å²) in [6.07, 6.45) is 7.11. The molecule has 3 aromatic carbocycles. The Labute approximate surface area is 163 Å². The smallest absolute Gasteiger partial charge is 0.256 e. The number of benzene rings is 3. The average Bonchev–Trinajstić information content (AvgIpc) is 2.69. The topological polar surface area (TPSA) is 9.23 Å². The van der Waals surface area contributed by atoms with Gasteiger partial charge in [-0.1, -0.05) is 72.8 Å². The van der Waals surface area contributed by atoms with E-state index < -0.39 is 8.32 Å². The van der Waals surface area contributed by atoms with Gasteiger partial charge in [-0.3, -0.25) is 0 Å². The average molecular weight is 373 g/mol. The lowest BCUT2D eigenvalue weighted by Gasteiger charge is -2.36. The Balaban J connectivity index is 1.83. The van der Waals surface area contributed by atoms with Crippen LogP contribution in [0.25, 0.3) is 10.8 Å². The highest BCUT2D eigenvalue weighted by atomic mass is 28.4. The van der Waals surface area contributed by atoms with Crippen LogP contribution >= 0.6 is 0 Å². The Hall–Kier alpha value is -2.32. The highest BCUT2D eigenvalue weighted by molar-refractivity contribution is 6.73. The third-order valence-corrected chi connectivity index (χ3v) is 8.43. The lowest BCUT2D eigenvalue weighted by Crippen LogP contribution is -2.39. The van der Waals surface area contributed by atoms with Crippen LogP contribution in [0, 0.1) is 0 Å². The van der Waals surface area contributed by atoms with Crippen molar-refractivity contribution in [3.05, 3.63) is 95.8 Å². The minimum atomic E-state index is -2.09. The van der Waals surface area contributed by atoms with Crippen LogP contribution in [0.4, 0.5) is 0 Å². The van der Waals surface area contributed by atoms with Crippen molar-refractivity contribution in [2.75, 3.05) is 0 Å². The molecule has 1 atom stereocenters. The van der Waals surface area contributed by atoms with Gasteiger partial charge in [0.1, 0.15) is 0 Å². The first-order chi connectivity index (χ1) is 13.1. The summed E-state index contributed by atoms with van der Waals surface area (Å²) in [6.45, 7) is 4.75. The zero-order chi connectivity index (χ0) is 18.7. The largest absolute Gasteiger partial charge is 0.546 e. The molecule has 27 heavy (non-hydrogen) atoms. The molecule has 1 aliphatic rings. The molecule has 0 spiro atoms. The van der Waals surface area contributed by atoms with E-state index in [9.17, 15) is 0 Å². The predicted molar refractivity (Wildman–Crippen MR) is 117 cm³/mol. The Morgan fingerprint density at radius 2 is 1.56 bits per heavy atom. The molecule has 0 N–H and O–H groups in total. The molecule has 1 nitrogen and oxygen atoms in total. The van der Waals surface area contributed by atoms with E-state index in [-0.39, 0.29) is 0 Å². The zero-order valence-electron chi connectivity index (χ0n) is 16.3. The highest BCUT2D eigenvalue weighted by Crippen LogP contribution is 2.39. The molecular formula is C25H28OSi. The second-order valence-electron chi connectivity index (χ2n) is 8.03. The summed E-state index contributed by atoms with van der Waals surface area (Å²) in [5.41, 5.74) is 3.06. The third-order valence-electron chi connectivity index (χ3n) is 5.61. The molecule has 0 unspecified atom stereocenters. The summed E-state index contributed by atoms with van der Waals surface area (Å²) >= 11 is 0. The van der Waals surface area contributed by atoms with E-state index in [1.54, 1.807) is 0 Å². The molecule has 138 valence electrons. The van der Waals surface area contributed by atoms with Gasteiger partial charge in [0.2, 0.25) is 0 Å². The maximum Gasteiger partial charge on any atom is 0.256 e. The van der Waals surface area contributed by atoms with Gasteiger partial charge in [-0.2, -0.15) is 0 Å². The van der Waals surface area contributed by atoms with E-state index in [0.29, 0.717) is 5.54 Å². The number of rotatable bonds is 5. The van der Waals surface area contributed by atoms with Crippen molar-refractivity contribution in [3.63, 3.8) is 0 Å². The van der Waals surface area contributed by atoms with Gasteiger partial charge in [0.05, 0.1) is 5.76 Å². The van der Waals surface area contributed by atoms with Crippen LogP contribution in [0.1, 0.15) is 42.4 Å². The van der Waals surface area contributed by atoms with Crippen LogP contribution < -0.4 is 0 Å². The molecule has 0 bridgehead atoms. The SMILES string of the molecule is C[Si](C)(OC1=CCCCC1)[C@H](c1ccccc1)c1cccc2ccccc12. The Bertz CT molecular complexity index is 937. The van der Waals surface area contributed by atoms with Crippen LogP contribution in [0.5, 0.6) is 0 Å². The fourth-order valence-corrected chi connectivity index (χ4v) is 7.38. The first-order valence-corrected chi connectivity index (χ1v) is 13.0. The van der Waals surface area contributed by atoms with E-state index in [1.807, 2.05) is 0 Å². The van der Waals surface area contributed by atoms with Gasteiger partial charge in [-0.15, -0.1) is 0 Å². The predicted octanol–water partition coefficient (Wildman–Crippen LogP) is 7.19. The van der Waals surface area contributed by atoms with E-state index in [1.165, 1.54) is 40.5 Å². The van der Waals surface area contributed by atoms with Gasteiger partial charge in [-0.05, 0) is 60.3 Å². The molecule has 1 aliphatic carbocycles. The molecule has 0 aromatic heterocycles. The first-order valence-electron chi connectivity index (χ1n) is 10.1. The zero-order valence-corrected chi connectivity index (χ0v) is 17.3. The lowest BCUT2D eigenvalue weighted by molar-refractivity contribution is 0.369. The summed E-state index contributed by atoms with van der Waals surface area (Å²) in [6, 6.07) is 26.4. The summed E-state index contributed by atoms with van der Waals surface area (Å²) in [5, 5.41) is 2.65. The molecular weight excluding hydrogens is 344 g/mol. The Morgan fingerprint density at radius 1 is 0.815 bits per heavy atom. The molecule has 3 aromatic rings. The number of hydrogen-bond donors (Lipinski definition) is 0. The van der Waals surface area contributed by atoms with Crippen LogP contribution in [-0.4, -0.2) is 8.32 Å². The van der Waals surface area contributed by atoms with Crippen molar-refractivity contribution < 1.29 is 4.43 Å². The fraction of sp³-hybridized carbons (Fsp3) is 0.280. The van der Waals surface area contributed by atoms with Crippen LogP contribution in [-0.2, 0) is 4.43 Å². The van der Waals surface area contributed by atoms with E-state index in [0.717, 1.165) is 12.8 Å². The summed E-state index contributed by atoms with van der Waals surface area (Å²) in [7, 11) is -2.09. The van der Waals surface area contributed by atoms with E-state index in [2.05, 4.69) is 92.0 Å². The standard InChI is InChI=1S/C25H28OSi/c1-27(2,26-22-16-7-4-8-17-22)25(21-13-5-3-6-14-21)24-19-11-15-20-12-9-10-18-23(20)24/h3,5-6,9-16,18-19,25H,4,7-8,17H2,1-2H3/t25-/m1/s1. The highest BCUT2D eigenvalue weighted by Gasteiger charge is 2.39. The summed E-state index contributed by atoms with van der Waals surface area (Å²) < 4.78 is 6.80. The molecule has 0 saturated heterocycles. The number of allylic oxidation sites excluding steroid dienone is 2. The number of hydrogen-bond acceptors (Lipinski definition) is 1. The van der Waals surface area contributed by atoms with Crippen LogP contribution in [0.15, 0.2) is 84.6 Å². The lowest BCUT2D eigenvalue weighted by atomic mass is 9.98. The van der Waals surface area contributed by atoms with Gasteiger partial charge < -0.3 is 4.43 Å². The van der Waals surface area contributed by atoms with Crippen LogP contribution in [0.2, 0.25) is 13.1 Å². The van der Waals surface area contributed by atoms with Crippen molar-refractivity contribution in [1.82, 2.24) is 0 Å². The van der Waals surface area contributed by atoms with Crippen molar-refractivity contribution in [2.24, 2.45) is 0 Å². The summed E-state index contributed by atoms with van der Waals surface area (Å²) in [4.78, 5) is 0. The molecule has 0 fully saturated rings. The minimum Gasteiger partial charge on any atom is -0.546 e. The molecule has 0 amide bonds. The maximum absolute atomic E-state index is 6.80. The van der Waals surface area contributed by atoms with Crippen molar-refractivity contribution in [1.29, 1.82) is 0 Å². The normalized spacial score (nSPS) is 16.0. The molecule has 0 heterocycles. The molecule has 2 heteroatoms. The monoisotopic (exact) mass is 372 g/mol. The van der Waals surface area contributed by atoms with Gasteiger partial charge in [-0.25, -0.2) is 0 Å². The molecule has 0 aliphatic heterocycles. The van der Waals surface area contributed by atoms with Gasteiger partial charge >= 0.3 is 0 Å². The van der Waals surface area contributed by atoms with E-state index >= 15 is 0 Å². The summed E-state index contributed by atoms with van der Waals surface area (Å²) in [5.74, 6) is 1.22. The molecule has 0 radical (unpaired) electrons. The molecule has 0 saturated carbocycles. The van der Waals surface area contributed by atoms with Crippen molar-refractivity contribution in [2.45, 2.75) is 44.3 Å². The Morgan fingerprint density at radius 3 is 2.33 bits per heavy atom. The quantitative estimate of drug-likeness (QED) is 0.431. The molecule has 4 rings (SSSR count). The second kappa shape index (κ2) is 7.73. The van der Waals surface area contributed by atoms with Crippen LogP contribution in [0.3, 0.4) is 0 Å². The Kier molecular flexibility index (Phi) is 5.17. The van der Waals surface area contributed by atoms with Gasteiger partial charge in [0.25, 0.3) is 8.32 Å². The van der Waals surface area contributed by atoms with Crippen molar-refractivity contribution >= 4 is 19.1 Å². The van der Waals surface area contributed by atoms with Gasteiger partial charge in [0.15, 0.2) is 0 Å². The fourth-order valence-electron chi connectivity index (χ4n) is 4.40.